The summed E-state index contributed by atoms with van der Waals surface area (Å²) >= 11 is 0. The molecule has 4 rings (SSSR count). The molecular weight excluding hydrogens is 435 g/mol. The van der Waals surface area contributed by atoms with Gasteiger partial charge in [-0.25, -0.2) is 14.4 Å². The molecule has 3 N–H and O–H groups in total. The van der Waals surface area contributed by atoms with Gasteiger partial charge in [0.2, 0.25) is 5.91 Å². The number of likely N-dealkylation sites (tertiary alicyclic amines) is 1. The zero-order valence-electron chi connectivity index (χ0n) is 19.6. The fourth-order valence-corrected chi connectivity index (χ4v) is 4.33. The average molecular weight is 467 g/mol. The van der Waals surface area contributed by atoms with Crippen molar-refractivity contribution in [3.8, 4) is 16.9 Å². The Balaban J connectivity index is 1.48. The Bertz CT molecular complexity index is 1140. The molecule has 1 unspecified atom stereocenters. The number of hydrogen-bond donors (Lipinski definition) is 2. The van der Waals surface area contributed by atoms with Crippen LogP contribution in [0.4, 0.5) is 10.1 Å². The lowest BCUT2D eigenvalue weighted by atomic mass is 10.0. The van der Waals surface area contributed by atoms with Crippen LogP contribution in [-0.2, 0) is 4.79 Å². The van der Waals surface area contributed by atoms with Crippen molar-refractivity contribution in [2.45, 2.75) is 45.3 Å². The molecule has 1 aliphatic rings. The quantitative estimate of drug-likeness (QED) is 0.525. The van der Waals surface area contributed by atoms with E-state index in [4.69, 9.17) is 10.5 Å². The molecule has 0 aliphatic carbocycles. The summed E-state index contributed by atoms with van der Waals surface area (Å²) in [6.07, 6.45) is 6.50. The fourth-order valence-electron chi connectivity index (χ4n) is 4.33. The predicted molar refractivity (Wildman–Crippen MR) is 130 cm³/mol. The number of halogens is 1. The topological polar surface area (TPSA) is 106 Å². The number of nitrogen functional groups attached to an aromatic ring is 1. The highest BCUT2D eigenvalue weighted by molar-refractivity contribution is 5.94. The SMILES string of the molecule is CCN1CCCC[C@H]1C(=O)NCC(F)COc1c(-c2cnc(C)nc2)ccc2ncc(N)cc12. The largest absolute Gasteiger partial charge is 0.489 e. The number of fused-ring (bicyclic) bond motifs is 1. The smallest absolute Gasteiger partial charge is 0.237 e. The summed E-state index contributed by atoms with van der Waals surface area (Å²) in [5, 5.41) is 3.44. The maximum absolute atomic E-state index is 14.8. The molecule has 1 saturated heterocycles. The first kappa shape index (κ1) is 23.8. The summed E-state index contributed by atoms with van der Waals surface area (Å²) in [4.78, 5) is 27.7. The first-order valence-corrected chi connectivity index (χ1v) is 11.7. The number of nitrogens with one attached hydrogen (secondary N) is 1. The summed E-state index contributed by atoms with van der Waals surface area (Å²) < 4.78 is 20.8. The number of pyridine rings is 1. The van der Waals surface area contributed by atoms with Gasteiger partial charge in [0.15, 0.2) is 6.17 Å². The number of likely N-dealkylation sites (N-methyl/N-ethyl adjacent to an activating group) is 1. The van der Waals surface area contributed by atoms with Crippen LogP contribution in [0.3, 0.4) is 0 Å². The van der Waals surface area contributed by atoms with Gasteiger partial charge in [0, 0.05) is 28.9 Å². The van der Waals surface area contributed by atoms with Gasteiger partial charge in [-0.15, -0.1) is 0 Å². The Morgan fingerprint density at radius 3 is 2.82 bits per heavy atom. The van der Waals surface area contributed by atoms with Gasteiger partial charge < -0.3 is 15.8 Å². The van der Waals surface area contributed by atoms with Crippen molar-refractivity contribution in [1.29, 1.82) is 0 Å². The number of anilines is 1. The van der Waals surface area contributed by atoms with Gasteiger partial charge in [-0.1, -0.05) is 13.3 Å². The summed E-state index contributed by atoms with van der Waals surface area (Å²) in [5.74, 6) is 0.990. The number of carbonyl (C=O) groups is 1. The van der Waals surface area contributed by atoms with Crippen LogP contribution in [0.15, 0.2) is 36.8 Å². The lowest BCUT2D eigenvalue weighted by Gasteiger charge is -2.33. The predicted octanol–water partition coefficient (Wildman–Crippen LogP) is 3.29. The molecule has 0 saturated carbocycles. The summed E-state index contributed by atoms with van der Waals surface area (Å²) in [7, 11) is 0. The van der Waals surface area contributed by atoms with Crippen LogP contribution < -0.4 is 15.8 Å². The van der Waals surface area contributed by atoms with Crippen LogP contribution in [0, 0.1) is 6.92 Å². The first-order valence-electron chi connectivity index (χ1n) is 11.7. The van der Waals surface area contributed by atoms with Crippen molar-refractivity contribution in [3.05, 3.63) is 42.6 Å². The van der Waals surface area contributed by atoms with Gasteiger partial charge in [0.1, 0.15) is 18.2 Å². The molecule has 0 bridgehead atoms. The molecule has 9 heteroatoms. The Kier molecular flexibility index (Phi) is 7.52. The zero-order chi connectivity index (χ0) is 24.1. The first-order chi connectivity index (χ1) is 16.5. The van der Waals surface area contributed by atoms with Crippen LogP contribution in [0.2, 0.25) is 0 Å². The second kappa shape index (κ2) is 10.7. The van der Waals surface area contributed by atoms with Crippen LogP contribution in [0.1, 0.15) is 32.0 Å². The van der Waals surface area contributed by atoms with E-state index in [2.05, 4.69) is 25.2 Å². The summed E-state index contributed by atoms with van der Waals surface area (Å²) in [6, 6.07) is 5.28. The number of piperidine rings is 1. The Labute approximate surface area is 198 Å². The van der Waals surface area contributed by atoms with Crippen molar-refractivity contribution in [1.82, 2.24) is 25.2 Å². The van der Waals surface area contributed by atoms with E-state index in [0.29, 0.717) is 28.2 Å². The van der Waals surface area contributed by atoms with Crippen molar-refractivity contribution < 1.29 is 13.9 Å². The number of rotatable bonds is 8. The van der Waals surface area contributed by atoms with E-state index in [-0.39, 0.29) is 25.1 Å². The van der Waals surface area contributed by atoms with E-state index >= 15 is 0 Å². The molecule has 1 aromatic carbocycles. The highest BCUT2D eigenvalue weighted by Gasteiger charge is 2.27. The van der Waals surface area contributed by atoms with E-state index < -0.39 is 6.17 Å². The molecule has 34 heavy (non-hydrogen) atoms. The normalized spacial score (nSPS) is 17.4. The van der Waals surface area contributed by atoms with Gasteiger partial charge in [-0.05, 0) is 51.1 Å². The fraction of sp³-hybridized carbons (Fsp3) is 0.440. The van der Waals surface area contributed by atoms with Gasteiger partial charge in [0.25, 0.3) is 0 Å². The Morgan fingerprint density at radius 1 is 1.26 bits per heavy atom. The lowest BCUT2D eigenvalue weighted by Crippen LogP contribution is -2.50. The zero-order valence-corrected chi connectivity index (χ0v) is 19.6. The maximum atomic E-state index is 14.8. The lowest BCUT2D eigenvalue weighted by molar-refractivity contribution is -0.127. The number of nitrogens with zero attached hydrogens (tertiary/aromatic N) is 4. The molecule has 0 radical (unpaired) electrons. The number of alkyl halides is 1. The van der Waals surface area contributed by atoms with Gasteiger partial charge in [-0.3, -0.25) is 14.7 Å². The van der Waals surface area contributed by atoms with Crippen molar-refractivity contribution in [3.63, 3.8) is 0 Å². The highest BCUT2D eigenvalue weighted by Crippen LogP contribution is 2.36. The Hall–Kier alpha value is -3.33. The second-order valence-corrected chi connectivity index (χ2v) is 8.59. The van der Waals surface area contributed by atoms with E-state index in [1.54, 1.807) is 31.6 Å². The molecule has 0 spiro atoms. The van der Waals surface area contributed by atoms with E-state index in [0.717, 1.165) is 43.5 Å². The van der Waals surface area contributed by atoms with E-state index in [1.807, 2.05) is 19.1 Å². The molecular formula is C25H31FN6O2. The minimum absolute atomic E-state index is 0.110. The van der Waals surface area contributed by atoms with Gasteiger partial charge in [-0.2, -0.15) is 0 Å². The van der Waals surface area contributed by atoms with Gasteiger partial charge >= 0.3 is 0 Å². The number of nitrogens with two attached hydrogens (primary N) is 1. The molecule has 3 aromatic rings. The molecule has 180 valence electrons. The number of amides is 1. The van der Waals surface area contributed by atoms with Crippen LogP contribution in [0.5, 0.6) is 5.75 Å². The molecule has 1 aliphatic heterocycles. The van der Waals surface area contributed by atoms with Crippen molar-refractivity contribution >= 4 is 22.5 Å². The van der Waals surface area contributed by atoms with Crippen LogP contribution >= 0.6 is 0 Å². The standard InChI is InChI=1S/C25H31FN6O2/c1-3-32-9-5-4-6-23(32)25(33)31-13-18(26)15-34-24-20(17-11-28-16(2)29-12-17)7-8-22-21(24)10-19(27)14-30-22/h7-8,10-12,14,18,23H,3-6,9,13,15,27H2,1-2H3,(H,31,33)/t18?,23-/m0/s1. The number of aromatic nitrogens is 3. The number of hydrogen-bond acceptors (Lipinski definition) is 7. The Morgan fingerprint density at radius 2 is 2.06 bits per heavy atom. The monoisotopic (exact) mass is 466 g/mol. The van der Waals surface area contributed by atoms with Crippen molar-refractivity contribution in [2.24, 2.45) is 0 Å². The molecule has 2 atom stereocenters. The minimum atomic E-state index is -1.38. The summed E-state index contributed by atoms with van der Waals surface area (Å²) in [6.45, 7) is 5.22. The number of ether oxygens (including phenoxy) is 1. The number of carbonyl (C=O) groups excluding carboxylic acids is 1. The molecule has 8 nitrogen and oxygen atoms in total. The molecule has 3 heterocycles. The van der Waals surface area contributed by atoms with E-state index in [9.17, 15) is 9.18 Å². The number of benzene rings is 1. The third-order valence-corrected chi connectivity index (χ3v) is 6.16. The molecule has 1 fully saturated rings. The van der Waals surface area contributed by atoms with Crippen LogP contribution in [-0.4, -0.2) is 64.2 Å². The molecule has 1 amide bonds. The van der Waals surface area contributed by atoms with Crippen LogP contribution in [0.25, 0.3) is 22.0 Å². The van der Waals surface area contributed by atoms with Gasteiger partial charge in [0.05, 0.1) is 30.0 Å². The molecule has 2 aromatic heterocycles. The third-order valence-electron chi connectivity index (χ3n) is 6.16. The second-order valence-electron chi connectivity index (χ2n) is 8.59. The third kappa shape index (κ3) is 5.41. The number of aryl methyl sites for hydroxylation is 1. The summed E-state index contributed by atoms with van der Waals surface area (Å²) in [5.41, 5.74) is 8.58. The minimum Gasteiger partial charge on any atom is -0.489 e. The average Bonchev–Trinajstić information content (AvgIpc) is 2.86. The maximum Gasteiger partial charge on any atom is 0.237 e. The van der Waals surface area contributed by atoms with E-state index in [1.165, 1.54) is 0 Å². The highest BCUT2D eigenvalue weighted by atomic mass is 19.1. The van der Waals surface area contributed by atoms with Crippen molar-refractivity contribution in [2.75, 3.05) is 32.0 Å².